The van der Waals surface area contributed by atoms with Gasteiger partial charge in [0.25, 0.3) is 0 Å². The highest BCUT2D eigenvalue weighted by Crippen LogP contribution is 2.31. The summed E-state index contributed by atoms with van der Waals surface area (Å²) in [5, 5.41) is 3.21. The molecule has 0 fully saturated rings. The van der Waals surface area contributed by atoms with E-state index in [2.05, 4.69) is 5.10 Å². The lowest BCUT2D eigenvalue weighted by Gasteiger charge is -2.01. The van der Waals surface area contributed by atoms with Crippen LogP contribution >= 0.6 is 0 Å². The molecule has 0 bridgehead atoms. The van der Waals surface area contributed by atoms with Crippen LogP contribution in [0.4, 0.5) is 13.2 Å². The van der Waals surface area contributed by atoms with Gasteiger partial charge >= 0.3 is 6.18 Å². The van der Waals surface area contributed by atoms with E-state index >= 15 is 0 Å². The van der Waals surface area contributed by atoms with E-state index in [1.54, 1.807) is 0 Å². The number of aryl methyl sites for hydroxylation is 1. The molecule has 3 nitrogen and oxygen atoms in total. The van der Waals surface area contributed by atoms with Gasteiger partial charge in [0.05, 0.1) is 5.56 Å². The maximum absolute atomic E-state index is 12.2. The van der Waals surface area contributed by atoms with E-state index in [-0.39, 0.29) is 12.0 Å². The number of carbonyl (C=O) groups excluding carboxylic acids is 1. The van der Waals surface area contributed by atoms with E-state index in [0.29, 0.717) is 0 Å². The van der Waals surface area contributed by atoms with E-state index in [9.17, 15) is 18.0 Å². The first kappa shape index (κ1) is 9.76. The normalized spacial score (nSPS) is 11.8. The van der Waals surface area contributed by atoms with Gasteiger partial charge in [0.1, 0.15) is 0 Å². The highest BCUT2D eigenvalue weighted by Gasteiger charge is 2.37. The first-order valence-corrected chi connectivity index (χ1v) is 3.44. The van der Waals surface area contributed by atoms with E-state index in [1.807, 2.05) is 0 Å². The lowest BCUT2D eigenvalue weighted by molar-refractivity contribution is -0.141. The number of rotatable bonds is 1. The van der Waals surface area contributed by atoms with Crippen molar-refractivity contribution in [3.8, 4) is 0 Å². The van der Waals surface area contributed by atoms with Crippen molar-refractivity contribution < 1.29 is 18.0 Å². The SMILES string of the molecule is Cc1c(C=O)c(C(F)(F)F)nn1C. The molecule has 0 N–H and O–H groups in total. The van der Waals surface area contributed by atoms with E-state index in [4.69, 9.17) is 0 Å². The molecule has 0 spiro atoms. The van der Waals surface area contributed by atoms with Crippen LogP contribution in [0.3, 0.4) is 0 Å². The van der Waals surface area contributed by atoms with Gasteiger partial charge in [0.15, 0.2) is 12.0 Å². The standard InChI is InChI=1S/C7H7F3N2O/c1-4-5(3-13)6(7(8,9)10)11-12(4)2/h3H,1-2H3. The van der Waals surface area contributed by atoms with E-state index < -0.39 is 17.4 Å². The number of aromatic nitrogens is 2. The number of nitrogens with zero attached hydrogens (tertiary/aromatic N) is 2. The summed E-state index contributed by atoms with van der Waals surface area (Å²) in [6.07, 6.45) is -4.40. The molecule has 0 amide bonds. The molecule has 0 aliphatic carbocycles. The Morgan fingerprint density at radius 1 is 1.46 bits per heavy atom. The van der Waals surface area contributed by atoms with E-state index in [1.165, 1.54) is 14.0 Å². The first-order chi connectivity index (χ1) is 5.88. The largest absolute Gasteiger partial charge is 0.435 e. The quantitative estimate of drug-likeness (QED) is 0.633. The van der Waals surface area contributed by atoms with Crippen LogP contribution in [0.1, 0.15) is 21.7 Å². The monoisotopic (exact) mass is 192 g/mol. The van der Waals surface area contributed by atoms with Crippen molar-refractivity contribution in [1.82, 2.24) is 9.78 Å². The topological polar surface area (TPSA) is 34.9 Å². The van der Waals surface area contributed by atoms with Crippen molar-refractivity contribution in [3.05, 3.63) is 17.0 Å². The molecule has 0 aliphatic heterocycles. The Kier molecular flexibility index (Phi) is 2.15. The van der Waals surface area contributed by atoms with Gasteiger partial charge in [-0.15, -0.1) is 0 Å². The molecule has 1 aromatic rings. The Labute approximate surface area is 72.2 Å². The van der Waals surface area contributed by atoms with Crippen LogP contribution in [-0.2, 0) is 13.2 Å². The average molecular weight is 192 g/mol. The van der Waals surface area contributed by atoms with Crippen LogP contribution < -0.4 is 0 Å². The fourth-order valence-corrected chi connectivity index (χ4v) is 0.975. The number of hydrogen-bond acceptors (Lipinski definition) is 2. The van der Waals surface area contributed by atoms with Crippen molar-refractivity contribution >= 4 is 6.29 Å². The minimum atomic E-state index is -4.57. The molecule has 1 heterocycles. The summed E-state index contributed by atoms with van der Waals surface area (Å²) in [5.41, 5.74) is -1.31. The summed E-state index contributed by atoms with van der Waals surface area (Å²) >= 11 is 0. The first-order valence-electron chi connectivity index (χ1n) is 3.44. The summed E-state index contributed by atoms with van der Waals surface area (Å²) in [6, 6.07) is 0. The molecule has 72 valence electrons. The van der Waals surface area contributed by atoms with Gasteiger partial charge in [0.2, 0.25) is 0 Å². The lowest BCUT2D eigenvalue weighted by Crippen LogP contribution is -2.09. The highest BCUT2D eigenvalue weighted by atomic mass is 19.4. The molecule has 13 heavy (non-hydrogen) atoms. The predicted molar refractivity (Wildman–Crippen MR) is 38.3 cm³/mol. The number of carbonyl (C=O) groups is 1. The Hall–Kier alpha value is -1.33. The maximum atomic E-state index is 12.2. The van der Waals surface area contributed by atoms with E-state index in [0.717, 1.165) is 4.68 Å². The van der Waals surface area contributed by atoms with Crippen LogP contribution in [0.2, 0.25) is 0 Å². The van der Waals surface area contributed by atoms with Crippen LogP contribution in [0.15, 0.2) is 0 Å². The second-order valence-electron chi connectivity index (χ2n) is 2.59. The number of aldehydes is 1. The van der Waals surface area contributed by atoms with Gasteiger partial charge in [-0.2, -0.15) is 18.3 Å². The van der Waals surface area contributed by atoms with Crippen LogP contribution in [0, 0.1) is 6.92 Å². The molecule has 0 atom stereocenters. The summed E-state index contributed by atoms with van der Waals surface area (Å²) in [6.45, 7) is 1.41. The van der Waals surface area contributed by atoms with Crippen molar-refractivity contribution in [2.75, 3.05) is 0 Å². The van der Waals surface area contributed by atoms with Crippen LogP contribution in [0.5, 0.6) is 0 Å². The predicted octanol–water partition coefficient (Wildman–Crippen LogP) is 1.56. The average Bonchev–Trinajstić information content (AvgIpc) is 2.28. The van der Waals surface area contributed by atoms with Crippen molar-refractivity contribution in [3.63, 3.8) is 0 Å². The Bertz CT molecular complexity index is 340. The number of alkyl halides is 3. The third-order valence-electron chi connectivity index (χ3n) is 1.77. The molecule has 1 rings (SSSR count). The molecule has 0 aromatic carbocycles. The van der Waals surface area contributed by atoms with Gasteiger partial charge in [-0.3, -0.25) is 9.48 Å². The zero-order chi connectivity index (χ0) is 10.2. The Morgan fingerprint density at radius 2 is 2.00 bits per heavy atom. The van der Waals surface area contributed by atoms with Gasteiger partial charge in [-0.05, 0) is 6.92 Å². The van der Waals surface area contributed by atoms with Crippen LogP contribution in [-0.4, -0.2) is 16.1 Å². The van der Waals surface area contributed by atoms with Gasteiger partial charge < -0.3 is 0 Å². The second kappa shape index (κ2) is 2.86. The molecular formula is C7H7F3N2O. The minimum absolute atomic E-state index is 0.172. The molecule has 0 saturated heterocycles. The summed E-state index contributed by atoms with van der Waals surface area (Å²) in [5.74, 6) is 0. The van der Waals surface area contributed by atoms with Crippen molar-refractivity contribution in [1.29, 1.82) is 0 Å². The second-order valence-corrected chi connectivity index (χ2v) is 2.59. The summed E-state index contributed by atoms with van der Waals surface area (Å²) < 4.78 is 37.6. The number of hydrogen-bond donors (Lipinski definition) is 0. The summed E-state index contributed by atoms with van der Waals surface area (Å²) in [4.78, 5) is 10.4. The zero-order valence-electron chi connectivity index (χ0n) is 7.01. The van der Waals surface area contributed by atoms with Crippen molar-refractivity contribution in [2.24, 2.45) is 7.05 Å². The molecule has 1 aromatic heterocycles. The third kappa shape index (κ3) is 1.56. The molecule has 0 aliphatic rings. The Morgan fingerprint density at radius 3 is 2.31 bits per heavy atom. The molecule has 6 heteroatoms. The lowest BCUT2D eigenvalue weighted by atomic mass is 10.2. The van der Waals surface area contributed by atoms with Gasteiger partial charge in [-0.25, -0.2) is 0 Å². The fourth-order valence-electron chi connectivity index (χ4n) is 0.975. The smallest absolute Gasteiger partial charge is 0.298 e. The zero-order valence-corrected chi connectivity index (χ0v) is 7.01. The maximum Gasteiger partial charge on any atom is 0.435 e. The highest BCUT2D eigenvalue weighted by molar-refractivity contribution is 5.78. The Balaban J connectivity index is 3.38. The van der Waals surface area contributed by atoms with Crippen molar-refractivity contribution in [2.45, 2.75) is 13.1 Å². The van der Waals surface area contributed by atoms with Gasteiger partial charge in [-0.1, -0.05) is 0 Å². The molecule has 0 unspecified atom stereocenters. The minimum Gasteiger partial charge on any atom is -0.298 e. The molecule has 0 radical (unpaired) electrons. The fraction of sp³-hybridized carbons (Fsp3) is 0.429. The van der Waals surface area contributed by atoms with Crippen LogP contribution in [0.25, 0.3) is 0 Å². The number of halogens is 3. The molecule has 0 saturated carbocycles. The third-order valence-corrected chi connectivity index (χ3v) is 1.77. The van der Waals surface area contributed by atoms with Gasteiger partial charge in [0, 0.05) is 12.7 Å². The molecular weight excluding hydrogens is 185 g/mol. The summed E-state index contributed by atoms with van der Waals surface area (Å²) in [7, 11) is 1.36.